The molecule has 0 bridgehead atoms. The van der Waals surface area contributed by atoms with Crippen LogP contribution in [-0.4, -0.2) is 16.2 Å². The van der Waals surface area contributed by atoms with Gasteiger partial charge in [-0.3, -0.25) is 0 Å². The second-order valence-corrected chi connectivity index (χ2v) is 5.55. The van der Waals surface area contributed by atoms with Crippen LogP contribution < -0.4 is 5.32 Å². The first kappa shape index (κ1) is 12.4. The van der Waals surface area contributed by atoms with Gasteiger partial charge in [0, 0.05) is 11.4 Å². The first-order valence-corrected chi connectivity index (χ1v) is 7.33. The molecule has 0 spiro atoms. The van der Waals surface area contributed by atoms with Gasteiger partial charge in [0.25, 0.3) is 0 Å². The van der Waals surface area contributed by atoms with Gasteiger partial charge in [-0.05, 0) is 37.7 Å². The molecule has 1 N–H and O–H groups in total. The van der Waals surface area contributed by atoms with Gasteiger partial charge >= 0.3 is 0 Å². The number of anilines is 1. The summed E-state index contributed by atoms with van der Waals surface area (Å²) >= 11 is 0. The largest absolute Gasteiger partial charge is 0.380 e. The predicted octanol–water partition coefficient (Wildman–Crippen LogP) is 4.01. The maximum absolute atomic E-state index is 4.17. The Morgan fingerprint density at radius 3 is 2.74 bits per heavy atom. The molecule has 1 aromatic heterocycles. The van der Waals surface area contributed by atoms with Crippen molar-refractivity contribution in [2.75, 3.05) is 5.32 Å². The highest BCUT2D eigenvalue weighted by molar-refractivity contribution is 5.90. The fraction of sp³-hybridized carbons (Fsp3) is 0.500. The number of aromatic nitrogens is 2. The van der Waals surface area contributed by atoms with Crippen molar-refractivity contribution in [1.82, 2.24) is 10.2 Å². The van der Waals surface area contributed by atoms with E-state index in [1.807, 2.05) is 18.3 Å². The third-order valence-electron chi connectivity index (χ3n) is 4.33. The summed E-state index contributed by atoms with van der Waals surface area (Å²) in [6, 6.07) is 8.79. The van der Waals surface area contributed by atoms with Crippen molar-refractivity contribution in [2.45, 2.75) is 45.1 Å². The molecular weight excluding hydrogens is 234 g/mol. The minimum atomic E-state index is 0.593. The maximum atomic E-state index is 4.17. The lowest BCUT2D eigenvalue weighted by Gasteiger charge is -2.29. The van der Waals surface area contributed by atoms with Crippen LogP contribution in [0.4, 0.5) is 5.69 Å². The van der Waals surface area contributed by atoms with E-state index in [0.717, 1.165) is 17.1 Å². The minimum Gasteiger partial charge on any atom is -0.380 e. The zero-order valence-corrected chi connectivity index (χ0v) is 11.5. The van der Waals surface area contributed by atoms with Crippen molar-refractivity contribution < 1.29 is 0 Å². The van der Waals surface area contributed by atoms with Gasteiger partial charge in [0.2, 0.25) is 0 Å². The summed E-state index contributed by atoms with van der Waals surface area (Å²) in [6.07, 6.45) is 8.43. The molecular formula is C16H21N3. The highest BCUT2D eigenvalue weighted by Gasteiger charge is 2.20. The molecule has 3 rings (SSSR count). The van der Waals surface area contributed by atoms with Crippen LogP contribution in [0.2, 0.25) is 0 Å². The number of hydrogen-bond acceptors (Lipinski definition) is 3. The topological polar surface area (TPSA) is 37.8 Å². The van der Waals surface area contributed by atoms with Gasteiger partial charge in [0.1, 0.15) is 0 Å². The van der Waals surface area contributed by atoms with Gasteiger partial charge in [-0.2, -0.15) is 10.2 Å². The normalized spacial score (nSPS) is 23.4. The van der Waals surface area contributed by atoms with E-state index >= 15 is 0 Å². The molecule has 0 aliphatic heterocycles. The number of benzene rings is 1. The van der Waals surface area contributed by atoms with Crippen molar-refractivity contribution in [1.29, 1.82) is 0 Å². The van der Waals surface area contributed by atoms with Crippen LogP contribution in [0.5, 0.6) is 0 Å². The monoisotopic (exact) mass is 255 g/mol. The predicted molar refractivity (Wildman–Crippen MR) is 79.2 cm³/mol. The molecule has 19 heavy (non-hydrogen) atoms. The van der Waals surface area contributed by atoms with E-state index in [4.69, 9.17) is 0 Å². The zero-order chi connectivity index (χ0) is 13.1. The molecule has 3 heteroatoms. The lowest BCUT2D eigenvalue weighted by atomic mass is 9.84. The van der Waals surface area contributed by atoms with Gasteiger partial charge in [-0.1, -0.05) is 31.5 Å². The molecule has 1 aliphatic carbocycles. The summed E-state index contributed by atoms with van der Waals surface area (Å²) in [5, 5.41) is 13.1. The summed E-state index contributed by atoms with van der Waals surface area (Å²) in [7, 11) is 0. The molecule has 0 saturated heterocycles. The Bertz CT molecular complexity index is 539. The quantitative estimate of drug-likeness (QED) is 0.900. The Hall–Kier alpha value is -1.64. The molecule has 1 saturated carbocycles. The van der Waals surface area contributed by atoms with Gasteiger partial charge in [-0.15, -0.1) is 0 Å². The molecule has 1 fully saturated rings. The van der Waals surface area contributed by atoms with Crippen LogP contribution in [0, 0.1) is 5.92 Å². The standard InChI is InChI=1S/C16H21N3/c1-2-12-7-9-13(10-8-12)18-16-11-17-19-15-6-4-3-5-14(15)16/h3-6,11-13H,2,7-10H2,1H3,(H,18,19). The van der Waals surface area contributed by atoms with Crippen LogP contribution in [0.25, 0.3) is 10.9 Å². The van der Waals surface area contributed by atoms with Gasteiger partial charge < -0.3 is 5.32 Å². The van der Waals surface area contributed by atoms with E-state index in [1.165, 1.54) is 37.5 Å². The Balaban J connectivity index is 1.75. The molecule has 0 atom stereocenters. The molecule has 2 aromatic rings. The molecule has 1 aromatic carbocycles. The average molecular weight is 255 g/mol. The first-order valence-electron chi connectivity index (χ1n) is 7.33. The Kier molecular flexibility index (Phi) is 3.62. The Morgan fingerprint density at radius 2 is 1.95 bits per heavy atom. The highest BCUT2D eigenvalue weighted by Crippen LogP contribution is 2.29. The number of hydrogen-bond donors (Lipinski definition) is 1. The van der Waals surface area contributed by atoms with E-state index in [9.17, 15) is 0 Å². The van der Waals surface area contributed by atoms with Crippen LogP contribution in [0.3, 0.4) is 0 Å². The molecule has 1 heterocycles. The second kappa shape index (κ2) is 5.55. The van der Waals surface area contributed by atoms with Gasteiger partial charge in [0.05, 0.1) is 17.4 Å². The third kappa shape index (κ3) is 2.70. The van der Waals surface area contributed by atoms with Crippen molar-refractivity contribution in [3.8, 4) is 0 Å². The van der Waals surface area contributed by atoms with Crippen LogP contribution in [0.1, 0.15) is 39.0 Å². The van der Waals surface area contributed by atoms with Crippen LogP contribution in [0.15, 0.2) is 30.5 Å². The van der Waals surface area contributed by atoms with E-state index in [0.29, 0.717) is 6.04 Å². The van der Waals surface area contributed by atoms with E-state index in [2.05, 4.69) is 34.6 Å². The molecule has 0 amide bonds. The Morgan fingerprint density at radius 1 is 1.16 bits per heavy atom. The van der Waals surface area contributed by atoms with E-state index in [-0.39, 0.29) is 0 Å². The summed E-state index contributed by atoms with van der Waals surface area (Å²) in [5.74, 6) is 0.936. The van der Waals surface area contributed by atoms with Crippen molar-refractivity contribution in [3.05, 3.63) is 30.5 Å². The number of nitrogens with one attached hydrogen (secondary N) is 1. The summed E-state index contributed by atoms with van der Waals surface area (Å²) < 4.78 is 0. The van der Waals surface area contributed by atoms with Crippen molar-refractivity contribution >= 4 is 16.6 Å². The molecule has 3 nitrogen and oxygen atoms in total. The minimum absolute atomic E-state index is 0.593. The smallest absolute Gasteiger partial charge is 0.0950 e. The molecule has 1 aliphatic rings. The summed E-state index contributed by atoms with van der Waals surface area (Å²) in [4.78, 5) is 0. The molecule has 0 unspecified atom stereocenters. The fourth-order valence-electron chi connectivity index (χ4n) is 3.06. The van der Waals surface area contributed by atoms with Gasteiger partial charge in [0.15, 0.2) is 0 Å². The summed E-state index contributed by atoms with van der Waals surface area (Å²) in [6.45, 7) is 2.30. The summed E-state index contributed by atoms with van der Waals surface area (Å²) in [5.41, 5.74) is 2.10. The zero-order valence-electron chi connectivity index (χ0n) is 11.5. The van der Waals surface area contributed by atoms with E-state index < -0.39 is 0 Å². The number of nitrogens with zero attached hydrogens (tertiary/aromatic N) is 2. The first-order chi connectivity index (χ1) is 9.36. The van der Waals surface area contributed by atoms with Crippen molar-refractivity contribution in [3.63, 3.8) is 0 Å². The number of fused-ring (bicyclic) bond motifs is 1. The van der Waals surface area contributed by atoms with Crippen LogP contribution >= 0.6 is 0 Å². The second-order valence-electron chi connectivity index (χ2n) is 5.55. The van der Waals surface area contributed by atoms with Gasteiger partial charge in [-0.25, -0.2) is 0 Å². The average Bonchev–Trinajstić information content (AvgIpc) is 2.48. The fourth-order valence-corrected chi connectivity index (χ4v) is 3.06. The SMILES string of the molecule is CCC1CCC(Nc2cnnc3ccccc23)CC1. The van der Waals surface area contributed by atoms with Crippen molar-refractivity contribution in [2.24, 2.45) is 5.92 Å². The molecule has 0 radical (unpaired) electrons. The molecule has 100 valence electrons. The Labute approximate surface area is 114 Å². The maximum Gasteiger partial charge on any atom is 0.0950 e. The number of rotatable bonds is 3. The third-order valence-corrected chi connectivity index (χ3v) is 4.33. The highest BCUT2D eigenvalue weighted by atomic mass is 15.1. The lowest BCUT2D eigenvalue weighted by Crippen LogP contribution is -2.26. The van der Waals surface area contributed by atoms with Crippen LogP contribution in [-0.2, 0) is 0 Å². The lowest BCUT2D eigenvalue weighted by molar-refractivity contribution is 0.330. The van der Waals surface area contributed by atoms with E-state index in [1.54, 1.807) is 0 Å².